The average Bonchev–Trinajstić information content (AvgIpc) is 2.75. The molecule has 0 unspecified atom stereocenters. The number of hydrazone groups is 1. The third-order valence-corrected chi connectivity index (χ3v) is 5.12. The Morgan fingerprint density at radius 1 is 0.931 bits per heavy atom. The molecule has 3 rings (SSSR count). The van der Waals surface area contributed by atoms with Gasteiger partial charge in [0.05, 0.1) is 13.3 Å². The zero-order valence-corrected chi connectivity index (χ0v) is 16.3. The molecule has 0 aliphatic carbocycles. The van der Waals surface area contributed by atoms with Gasteiger partial charge in [0.2, 0.25) is 0 Å². The van der Waals surface area contributed by atoms with Crippen LogP contribution in [0.3, 0.4) is 0 Å². The molecule has 0 aliphatic heterocycles. The predicted molar refractivity (Wildman–Crippen MR) is 109 cm³/mol. The van der Waals surface area contributed by atoms with Gasteiger partial charge >= 0.3 is 10.1 Å². The number of para-hydroxylation sites is 1. The second kappa shape index (κ2) is 9.03. The van der Waals surface area contributed by atoms with Gasteiger partial charge in [-0.25, -0.2) is 5.43 Å². The number of amides is 1. The van der Waals surface area contributed by atoms with E-state index in [4.69, 9.17) is 8.92 Å². The van der Waals surface area contributed by atoms with Gasteiger partial charge in [0.15, 0.2) is 5.75 Å². The second-order valence-electron chi connectivity index (χ2n) is 5.82. The Kier molecular flexibility index (Phi) is 6.25. The highest BCUT2D eigenvalue weighted by molar-refractivity contribution is 7.87. The van der Waals surface area contributed by atoms with E-state index in [0.29, 0.717) is 16.9 Å². The number of hydrogen-bond acceptors (Lipinski definition) is 6. The number of carbonyl (C=O) groups excluding carboxylic acids is 1. The molecule has 0 heterocycles. The molecule has 3 aromatic rings. The number of methoxy groups -OCH3 is 1. The van der Waals surface area contributed by atoms with Crippen molar-refractivity contribution < 1.29 is 22.1 Å². The fraction of sp³-hybridized carbons (Fsp3) is 0.0476. The summed E-state index contributed by atoms with van der Waals surface area (Å²) in [6.07, 6.45) is 1.32. The standard InChI is InChI=1S/C21H18N2O5S/c1-27-18-13-11-16(12-14-18)21(24)23-22-15-17-7-5-6-10-20(17)28-29(25,26)19-8-3-2-4-9-19/h2-15H,1H3,(H,23,24)/b22-15-. The lowest BCUT2D eigenvalue weighted by Crippen LogP contribution is -2.17. The Morgan fingerprint density at radius 3 is 2.28 bits per heavy atom. The minimum atomic E-state index is -3.99. The van der Waals surface area contributed by atoms with Crippen molar-refractivity contribution in [2.45, 2.75) is 4.90 Å². The summed E-state index contributed by atoms with van der Waals surface area (Å²) in [6.45, 7) is 0. The Hall–Kier alpha value is -3.65. The molecule has 0 radical (unpaired) electrons. The van der Waals surface area contributed by atoms with Gasteiger partial charge in [0.25, 0.3) is 5.91 Å². The van der Waals surface area contributed by atoms with Crippen molar-refractivity contribution in [3.05, 3.63) is 90.0 Å². The van der Waals surface area contributed by atoms with Gasteiger partial charge in [-0.15, -0.1) is 0 Å². The fourth-order valence-electron chi connectivity index (χ4n) is 2.38. The van der Waals surface area contributed by atoms with Gasteiger partial charge in [0, 0.05) is 11.1 Å². The maximum atomic E-state index is 12.4. The van der Waals surface area contributed by atoms with E-state index >= 15 is 0 Å². The number of nitrogens with zero attached hydrogens (tertiary/aromatic N) is 1. The van der Waals surface area contributed by atoms with Crippen molar-refractivity contribution in [1.29, 1.82) is 0 Å². The number of benzene rings is 3. The monoisotopic (exact) mass is 410 g/mol. The molecule has 0 spiro atoms. The molecule has 0 saturated heterocycles. The highest BCUT2D eigenvalue weighted by atomic mass is 32.2. The normalized spacial score (nSPS) is 11.2. The molecule has 0 fully saturated rings. The van der Waals surface area contributed by atoms with Crippen LogP contribution in [-0.2, 0) is 10.1 Å². The molecule has 3 aromatic carbocycles. The van der Waals surface area contributed by atoms with Crippen molar-refractivity contribution in [2.24, 2.45) is 5.10 Å². The summed E-state index contributed by atoms with van der Waals surface area (Å²) in [7, 11) is -2.45. The van der Waals surface area contributed by atoms with Crippen LogP contribution in [0.1, 0.15) is 15.9 Å². The topological polar surface area (TPSA) is 94.1 Å². The lowest BCUT2D eigenvalue weighted by atomic mass is 10.2. The highest BCUT2D eigenvalue weighted by Crippen LogP contribution is 2.21. The summed E-state index contributed by atoms with van der Waals surface area (Å²) in [4.78, 5) is 12.2. The van der Waals surface area contributed by atoms with Crippen molar-refractivity contribution >= 4 is 22.2 Å². The quantitative estimate of drug-likeness (QED) is 0.367. The molecule has 1 amide bonds. The third kappa shape index (κ3) is 5.20. The van der Waals surface area contributed by atoms with E-state index in [0.717, 1.165) is 0 Å². The summed E-state index contributed by atoms with van der Waals surface area (Å²) in [6, 6.07) is 20.8. The summed E-state index contributed by atoms with van der Waals surface area (Å²) in [5.74, 6) is 0.314. The lowest BCUT2D eigenvalue weighted by Gasteiger charge is -2.09. The summed E-state index contributed by atoms with van der Waals surface area (Å²) < 4.78 is 35.1. The van der Waals surface area contributed by atoms with Crippen LogP contribution in [-0.4, -0.2) is 27.6 Å². The molecular weight excluding hydrogens is 392 g/mol. The predicted octanol–water partition coefficient (Wildman–Crippen LogP) is 3.23. The van der Waals surface area contributed by atoms with E-state index in [9.17, 15) is 13.2 Å². The van der Waals surface area contributed by atoms with Crippen LogP contribution in [0.25, 0.3) is 0 Å². The fourth-order valence-corrected chi connectivity index (χ4v) is 3.36. The number of rotatable bonds is 7. The summed E-state index contributed by atoms with van der Waals surface area (Å²) >= 11 is 0. The van der Waals surface area contributed by atoms with E-state index in [1.165, 1.54) is 31.5 Å². The summed E-state index contributed by atoms with van der Waals surface area (Å²) in [5.41, 5.74) is 3.18. The Morgan fingerprint density at radius 2 is 1.59 bits per heavy atom. The lowest BCUT2D eigenvalue weighted by molar-refractivity contribution is 0.0955. The number of hydrogen-bond donors (Lipinski definition) is 1. The van der Waals surface area contributed by atoms with Crippen LogP contribution in [0, 0.1) is 0 Å². The van der Waals surface area contributed by atoms with E-state index in [1.807, 2.05) is 0 Å². The van der Waals surface area contributed by atoms with Gasteiger partial charge in [-0.1, -0.05) is 30.3 Å². The van der Waals surface area contributed by atoms with Crippen LogP contribution < -0.4 is 14.3 Å². The van der Waals surface area contributed by atoms with Crippen LogP contribution in [0.5, 0.6) is 11.5 Å². The van der Waals surface area contributed by atoms with Gasteiger partial charge in [0.1, 0.15) is 10.6 Å². The first-order valence-electron chi connectivity index (χ1n) is 8.55. The Labute approximate surface area is 168 Å². The van der Waals surface area contributed by atoms with E-state index in [1.54, 1.807) is 60.7 Å². The Bertz CT molecular complexity index is 1110. The molecule has 8 heteroatoms. The molecule has 0 saturated carbocycles. The van der Waals surface area contributed by atoms with Crippen molar-refractivity contribution in [3.8, 4) is 11.5 Å². The van der Waals surface area contributed by atoms with E-state index < -0.39 is 16.0 Å². The largest absolute Gasteiger partial charge is 0.497 e. The van der Waals surface area contributed by atoms with Crippen LogP contribution >= 0.6 is 0 Å². The molecule has 29 heavy (non-hydrogen) atoms. The van der Waals surface area contributed by atoms with Gasteiger partial charge in [-0.2, -0.15) is 13.5 Å². The third-order valence-electron chi connectivity index (χ3n) is 3.87. The van der Waals surface area contributed by atoms with Gasteiger partial charge < -0.3 is 8.92 Å². The molecule has 0 atom stereocenters. The minimum absolute atomic E-state index is 0.0413. The summed E-state index contributed by atoms with van der Waals surface area (Å²) in [5, 5.41) is 3.89. The highest BCUT2D eigenvalue weighted by Gasteiger charge is 2.17. The molecule has 0 aliphatic rings. The van der Waals surface area contributed by atoms with Crippen molar-refractivity contribution in [1.82, 2.24) is 5.43 Å². The maximum Gasteiger partial charge on any atom is 0.339 e. The van der Waals surface area contributed by atoms with Crippen molar-refractivity contribution in [3.63, 3.8) is 0 Å². The second-order valence-corrected chi connectivity index (χ2v) is 7.36. The number of ether oxygens (including phenoxy) is 1. The molecule has 148 valence electrons. The molecular formula is C21H18N2O5S. The van der Waals surface area contributed by atoms with Crippen LogP contribution in [0.4, 0.5) is 0 Å². The van der Waals surface area contributed by atoms with E-state index in [-0.39, 0.29) is 10.6 Å². The zero-order chi connectivity index (χ0) is 20.7. The van der Waals surface area contributed by atoms with Crippen LogP contribution in [0.15, 0.2) is 88.9 Å². The molecule has 0 bridgehead atoms. The number of carbonyl (C=O) groups is 1. The first-order chi connectivity index (χ1) is 14.0. The average molecular weight is 410 g/mol. The molecule has 7 nitrogen and oxygen atoms in total. The molecule has 1 N–H and O–H groups in total. The van der Waals surface area contributed by atoms with Crippen molar-refractivity contribution in [2.75, 3.05) is 7.11 Å². The SMILES string of the molecule is COc1ccc(C(=O)N/N=C\c2ccccc2OS(=O)(=O)c2ccccc2)cc1. The van der Waals surface area contributed by atoms with Gasteiger partial charge in [-0.3, -0.25) is 4.79 Å². The minimum Gasteiger partial charge on any atom is -0.497 e. The molecule has 0 aromatic heterocycles. The van der Waals surface area contributed by atoms with Crippen LogP contribution in [0.2, 0.25) is 0 Å². The smallest absolute Gasteiger partial charge is 0.339 e. The van der Waals surface area contributed by atoms with Gasteiger partial charge in [-0.05, 0) is 48.5 Å². The Balaban J connectivity index is 1.72. The number of nitrogens with one attached hydrogen (secondary N) is 1. The maximum absolute atomic E-state index is 12.4. The first-order valence-corrected chi connectivity index (χ1v) is 9.96. The van der Waals surface area contributed by atoms with E-state index in [2.05, 4.69) is 10.5 Å². The zero-order valence-electron chi connectivity index (χ0n) is 15.5. The first kappa shape index (κ1) is 20.1.